The van der Waals surface area contributed by atoms with Crippen LogP contribution in [0.5, 0.6) is 0 Å². The maximum absolute atomic E-state index is 12.9. The summed E-state index contributed by atoms with van der Waals surface area (Å²) in [6, 6.07) is 13.2. The van der Waals surface area contributed by atoms with Crippen molar-refractivity contribution in [2.75, 3.05) is 38.2 Å². The highest BCUT2D eigenvalue weighted by Crippen LogP contribution is 2.22. The van der Waals surface area contributed by atoms with Crippen LogP contribution in [0.25, 0.3) is 0 Å². The molecule has 0 aromatic heterocycles. The second-order valence-corrected chi connectivity index (χ2v) is 6.27. The molecule has 1 fully saturated rings. The average Bonchev–Trinajstić information content (AvgIpc) is 2.72. The highest BCUT2D eigenvalue weighted by Gasteiger charge is 2.24. The smallest absolute Gasteiger partial charge is 0.339 e. The van der Waals surface area contributed by atoms with Gasteiger partial charge in [-0.3, -0.25) is 0 Å². The second-order valence-electron chi connectivity index (χ2n) is 6.27. The van der Waals surface area contributed by atoms with Crippen LogP contribution < -0.4 is 10.2 Å². The number of hydrogen-bond acceptors (Lipinski definition) is 4. The van der Waals surface area contributed by atoms with Crippen LogP contribution in [0.1, 0.15) is 15.9 Å². The van der Waals surface area contributed by atoms with E-state index >= 15 is 0 Å². The van der Waals surface area contributed by atoms with Crippen molar-refractivity contribution in [3.63, 3.8) is 0 Å². The van der Waals surface area contributed by atoms with Gasteiger partial charge in [-0.15, -0.1) is 0 Å². The predicted molar refractivity (Wildman–Crippen MR) is 100 cm³/mol. The Labute approximate surface area is 157 Å². The maximum Gasteiger partial charge on any atom is 0.339 e. The number of anilines is 1. The molecule has 0 bridgehead atoms. The molecule has 1 aliphatic heterocycles. The van der Waals surface area contributed by atoms with Gasteiger partial charge in [0.25, 0.3) is 0 Å². The lowest BCUT2D eigenvalue weighted by molar-refractivity contribution is 0.0601. The van der Waals surface area contributed by atoms with Crippen LogP contribution in [0.15, 0.2) is 48.5 Å². The topological polar surface area (TPSA) is 61.9 Å². The first-order valence-electron chi connectivity index (χ1n) is 8.78. The summed E-state index contributed by atoms with van der Waals surface area (Å²) >= 11 is 0. The van der Waals surface area contributed by atoms with E-state index in [1.807, 2.05) is 12.1 Å². The summed E-state index contributed by atoms with van der Waals surface area (Å²) in [6.07, 6.45) is 0. The van der Waals surface area contributed by atoms with Crippen molar-refractivity contribution in [3.8, 4) is 0 Å². The molecule has 0 unspecified atom stereocenters. The van der Waals surface area contributed by atoms with Gasteiger partial charge in [-0.2, -0.15) is 0 Å². The number of ether oxygens (including phenoxy) is 1. The van der Waals surface area contributed by atoms with Gasteiger partial charge in [-0.05, 0) is 29.8 Å². The number of benzene rings is 2. The number of carbonyl (C=O) groups excluding carboxylic acids is 2. The van der Waals surface area contributed by atoms with Crippen LogP contribution in [0, 0.1) is 5.82 Å². The van der Waals surface area contributed by atoms with Crippen molar-refractivity contribution >= 4 is 17.7 Å². The molecule has 3 rings (SSSR count). The number of para-hydroxylation sites is 1. The molecule has 27 heavy (non-hydrogen) atoms. The van der Waals surface area contributed by atoms with E-state index in [0.29, 0.717) is 38.3 Å². The minimum Gasteiger partial charge on any atom is -0.465 e. The Kier molecular flexibility index (Phi) is 5.90. The maximum atomic E-state index is 12.9. The molecule has 6 nitrogen and oxygen atoms in total. The van der Waals surface area contributed by atoms with Crippen LogP contribution in [-0.4, -0.2) is 50.2 Å². The molecule has 1 saturated heterocycles. The van der Waals surface area contributed by atoms with E-state index in [0.717, 1.165) is 11.3 Å². The van der Waals surface area contributed by atoms with Crippen molar-refractivity contribution in [2.24, 2.45) is 0 Å². The lowest BCUT2D eigenvalue weighted by Crippen LogP contribution is -2.52. The van der Waals surface area contributed by atoms with E-state index in [4.69, 9.17) is 4.74 Å². The van der Waals surface area contributed by atoms with E-state index in [1.54, 1.807) is 29.2 Å². The molecule has 2 aromatic rings. The quantitative estimate of drug-likeness (QED) is 0.840. The molecule has 0 radical (unpaired) electrons. The van der Waals surface area contributed by atoms with Gasteiger partial charge in [0.2, 0.25) is 0 Å². The van der Waals surface area contributed by atoms with Gasteiger partial charge in [0.1, 0.15) is 5.82 Å². The molecule has 1 aliphatic rings. The SMILES string of the molecule is COC(=O)c1ccccc1N1CCN(C(=O)NCc2ccc(F)cc2)CC1. The Balaban J connectivity index is 1.55. The van der Waals surface area contributed by atoms with E-state index in [-0.39, 0.29) is 17.8 Å². The first-order valence-corrected chi connectivity index (χ1v) is 8.78. The highest BCUT2D eigenvalue weighted by atomic mass is 19.1. The zero-order valence-electron chi connectivity index (χ0n) is 15.2. The van der Waals surface area contributed by atoms with Crippen LogP contribution in [0.3, 0.4) is 0 Å². The van der Waals surface area contributed by atoms with Crippen LogP contribution in [-0.2, 0) is 11.3 Å². The fraction of sp³-hybridized carbons (Fsp3) is 0.300. The fourth-order valence-electron chi connectivity index (χ4n) is 3.07. The molecule has 0 aliphatic carbocycles. The lowest BCUT2D eigenvalue weighted by atomic mass is 10.1. The summed E-state index contributed by atoms with van der Waals surface area (Å²) < 4.78 is 17.8. The van der Waals surface area contributed by atoms with Gasteiger partial charge in [0.05, 0.1) is 18.4 Å². The van der Waals surface area contributed by atoms with Gasteiger partial charge in [-0.25, -0.2) is 14.0 Å². The third-order valence-corrected chi connectivity index (χ3v) is 4.57. The van der Waals surface area contributed by atoms with Crippen molar-refractivity contribution in [1.29, 1.82) is 0 Å². The zero-order valence-corrected chi connectivity index (χ0v) is 15.2. The zero-order chi connectivity index (χ0) is 19.2. The van der Waals surface area contributed by atoms with Crippen molar-refractivity contribution in [2.45, 2.75) is 6.54 Å². The summed E-state index contributed by atoms with van der Waals surface area (Å²) in [5, 5.41) is 2.85. The number of hydrogen-bond donors (Lipinski definition) is 1. The normalized spacial score (nSPS) is 14.0. The number of rotatable bonds is 4. The lowest BCUT2D eigenvalue weighted by Gasteiger charge is -2.36. The molecule has 1 N–H and O–H groups in total. The minimum atomic E-state index is -0.370. The molecule has 0 spiro atoms. The summed E-state index contributed by atoms with van der Waals surface area (Å²) in [4.78, 5) is 28.1. The van der Waals surface area contributed by atoms with Crippen LogP contribution in [0.2, 0.25) is 0 Å². The van der Waals surface area contributed by atoms with Crippen molar-refractivity contribution in [3.05, 3.63) is 65.5 Å². The number of amides is 2. The molecule has 0 atom stereocenters. The molecule has 2 amide bonds. The summed E-state index contributed by atoms with van der Waals surface area (Å²) in [7, 11) is 1.36. The number of methoxy groups -OCH3 is 1. The van der Waals surface area contributed by atoms with Crippen LogP contribution in [0.4, 0.5) is 14.9 Å². The number of carbonyl (C=O) groups is 2. The number of piperazine rings is 1. The Bertz CT molecular complexity index is 802. The Morgan fingerprint density at radius 1 is 1.04 bits per heavy atom. The monoisotopic (exact) mass is 371 g/mol. The molecular formula is C20H22FN3O3. The number of nitrogens with zero attached hydrogens (tertiary/aromatic N) is 2. The van der Waals surface area contributed by atoms with E-state index < -0.39 is 0 Å². The fourth-order valence-corrected chi connectivity index (χ4v) is 3.07. The summed E-state index contributed by atoms with van der Waals surface area (Å²) in [5.41, 5.74) is 2.18. The minimum absolute atomic E-state index is 0.153. The van der Waals surface area contributed by atoms with Gasteiger partial charge < -0.3 is 19.9 Å². The molecule has 7 heteroatoms. The predicted octanol–water partition coefficient (Wildman–Crippen LogP) is 2.64. The second kappa shape index (κ2) is 8.53. The van der Waals surface area contributed by atoms with Gasteiger partial charge in [0, 0.05) is 32.7 Å². The summed E-state index contributed by atoms with van der Waals surface area (Å²) in [6.45, 7) is 2.69. The number of halogens is 1. The third kappa shape index (κ3) is 4.55. The molecular weight excluding hydrogens is 349 g/mol. The Morgan fingerprint density at radius 3 is 2.37 bits per heavy atom. The first kappa shape index (κ1) is 18.7. The standard InChI is InChI=1S/C20H22FN3O3/c1-27-19(25)17-4-2-3-5-18(17)23-10-12-24(13-11-23)20(26)22-14-15-6-8-16(21)9-7-15/h2-9H,10-14H2,1H3,(H,22,26). The first-order chi connectivity index (χ1) is 13.1. The Morgan fingerprint density at radius 2 is 1.70 bits per heavy atom. The molecule has 142 valence electrons. The van der Waals surface area contributed by atoms with E-state index in [2.05, 4.69) is 10.2 Å². The largest absolute Gasteiger partial charge is 0.465 e. The highest BCUT2D eigenvalue weighted by molar-refractivity contribution is 5.95. The van der Waals surface area contributed by atoms with Crippen molar-refractivity contribution in [1.82, 2.24) is 10.2 Å². The number of esters is 1. The summed E-state index contributed by atoms with van der Waals surface area (Å²) in [5.74, 6) is -0.668. The van der Waals surface area contributed by atoms with Gasteiger partial charge >= 0.3 is 12.0 Å². The van der Waals surface area contributed by atoms with Gasteiger partial charge in [-0.1, -0.05) is 24.3 Å². The van der Waals surface area contributed by atoms with Crippen molar-refractivity contribution < 1.29 is 18.7 Å². The molecule has 2 aromatic carbocycles. The molecule has 1 heterocycles. The van der Waals surface area contributed by atoms with E-state index in [1.165, 1.54) is 19.2 Å². The van der Waals surface area contributed by atoms with E-state index in [9.17, 15) is 14.0 Å². The third-order valence-electron chi connectivity index (χ3n) is 4.57. The number of urea groups is 1. The Hall–Kier alpha value is -3.09. The van der Waals surface area contributed by atoms with Crippen LogP contribution >= 0.6 is 0 Å². The van der Waals surface area contributed by atoms with Gasteiger partial charge in [0.15, 0.2) is 0 Å². The average molecular weight is 371 g/mol. The molecule has 0 saturated carbocycles. The number of nitrogens with one attached hydrogen (secondary N) is 1.